The molecule has 0 saturated heterocycles. The molecule has 0 atom stereocenters. The largest absolute Gasteiger partial charge is 0.478 e. The van der Waals surface area contributed by atoms with E-state index >= 15 is 0 Å². The molecule has 1 heterocycles. The van der Waals surface area contributed by atoms with Crippen molar-refractivity contribution in [2.45, 2.75) is 0 Å². The molecule has 0 fully saturated rings. The molecule has 0 radical (unpaired) electrons. The topological polar surface area (TPSA) is 76.5 Å². The number of aromatic carboxylic acids is 1. The minimum absolute atomic E-state index is 0.214. The molecule has 0 amide bonds. The van der Waals surface area contributed by atoms with Gasteiger partial charge in [0.25, 0.3) is 0 Å². The number of hydrogen-bond acceptors (Lipinski definition) is 4. The van der Waals surface area contributed by atoms with Crippen LogP contribution in [0.3, 0.4) is 0 Å². The first-order valence-corrected chi connectivity index (χ1v) is 7.58. The molecule has 0 unspecified atom stereocenters. The highest BCUT2D eigenvalue weighted by Gasteiger charge is 2.10. The Balaban J connectivity index is 1.93. The first kappa shape index (κ1) is 16.4. The van der Waals surface area contributed by atoms with E-state index in [1.54, 1.807) is 54.6 Å². The summed E-state index contributed by atoms with van der Waals surface area (Å²) in [5, 5.41) is 10.0. The number of nitrogens with zero attached hydrogens (tertiary/aromatic N) is 1. The third-order valence-corrected chi connectivity index (χ3v) is 3.74. The molecule has 3 aromatic rings. The molecule has 3 rings (SSSR count). The molecule has 0 bridgehead atoms. The molecule has 124 valence electrons. The van der Waals surface area contributed by atoms with Gasteiger partial charge in [-0.3, -0.25) is 0 Å². The monoisotopic (exact) mass is 333 g/mol. The van der Waals surface area contributed by atoms with Gasteiger partial charge in [-0.15, -0.1) is 0 Å². The van der Waals surface area contributed by atoms with Gasteiger partial charge in [0.05, 0.1) is 29.4 Å². The number of carboxylic acid groups (broad SMARTS) is 1. The highest BCUT2D eigenvalue weighted by atomic mass is 16.5. The molecule has 0 aliphatic heterocycles. The van der Waals surface area contributed by atoms with E-state index < -0.39 is 11.9 Å². The van der Waals surface area contributed by atoms with E-state index in [1.165, 1.54) is 7.11 Å². The molecule has 5 heteroatoms. The lowest BCUT2D eigenvalue weighted by Crippen LogP contribution is -2.00. The maximum absolute atomic E-state index is 11.5. The van der Waals surface area contributed by atoms with Gasteiger partial charge < -0.3 is 9.84 Å². The van der Waals surface area contributed by atoms with E-state index in [0.29, 0.717) is 22.2 Å². The van der Waals surface area contributed by atoms with Gasteiger partial charge in [-0.1, -0.05) is 36.4 Å². The molecule has 25 heavy (non-hydrogen) atoms. The van der Waals surface area contributed by atoms with Gasteiger partial charge in [0.1, 0.15) is 0 Å². The van der Waals surface area contributed by atoms with E-state index in [4.69, 9.17) is 0 Å². The van der Waals surface area contributed by atoms with Crippen LogP contribution in [-0.2, 0) is 4.74 Å². The quantitative estimate of drug-likeness (QED) is 0.733. The lowest BCUT2D eigenvalue weighted by Gasteiger charge is -2.04. The summed E-state index contributed by atoms with van der Waals surface area (Å²) in [4.78, 5) is 27.4. The molecule has 1 N–H and O–H groups in total. The van der Waals surface area contributed by atoms with Crippen LogP contribution in [0, 0.1) is 0 Å². The first-order valence-electron chi connectivity index (χ1n) is 7.58. The van der Waals surface area contributed by atoms with Crippen LogP contribution in [-0.4, -0.2) is 29.1 Å². The zero-order chi connectivity index (χ0) is 17.8. The normalized spacial score (nSPS) is 10.9. The molecule has 5 nitrogen and oxygen atoms in total. The van der Waals surface area contributed by atoms with E-state index in [-0.39, 0.29) is 5.56 Å². The summed E-state index contributed by atoms with van der Waals surface area (Å²) in [6.07, 6.45) is 3.55. The van der Waals surface area contributed by atoms with Crippen molar-refractivity contribution < 1.29 is 19.4 Å². The highest BCUT2D eigenvalue weighted by molar-refractivity contribution is 6.03. The minimum Gasteiger partial charge on any atom is -0.478 e. The Morgan fingerprint density at radius 1 is 1.04 bits per heavy atom. The number of aromatic nitrogens is 1. The number of carboxylic acids is 1. The third kappa shape index (κ3) is 3.55. The summed E-state index contributed by atoms with van der Waals surface area (Å²) in [6, 6.07) is 15.6. The molecular formula is C20H15NO4. The molecule has 2 aromatic carbocycles. The fraction of sp³-hybridized carbons (Fsp3) is 0.0500. The zero-order valence-electron chi connectivity index (χ0n) is 13.5. The Kier molecular flexibility index (Phi) is 4.57. The molecule has 0 aliphatic rings. The summed E-state index contributed by atoms with van der Waals surface area (Å²) < 4.78 is 4.66. The number of carbonyl (C=O) groups is 2. The summed E-state index contributed by atoms with van der Waals surface area (Å²) in [5.74, 6) is -1.38. The Morgan fingerprint density at radius 2 is 1.76 bits per heavy atom. The van der Waals surface area contributed by atoms with Gasteiger partial charge in [0, 0.05) is 5.39 Å². The SMILES string of the molecule is COC(=O)c1ccc(/C=C\c2cc(C(=O)O)c3ccccc3n2)cc1. The van der Waals surface area contributed by atoms with Crippen molar-refractivity contribution in [2.75, 3.05) is 7.11 Å². The van der Waals surface area contributed by atoms with E-state index in [1.807, 2.05) is 12.1 Å². The predicted molar refractivity (Wildman–Crippen MR) is 95.4 cm³/mol. The molecule has 0 saturated carbocycles. The van der Waals surface area contributed by atoms with Gasteiger partial charge in [-0.05, 0) is 35.9 Å². The van der Waals surface area contributed by atoms with Gasteiger partial charge in [0.15, 0.2) is 0 Å². The summed E-state index contributed by atoms with van der Waals surface area (Å²) >= 11 is 0. The Hall–Kier alpha value is -3.47. The van der Waals surface area contributed by atoms with Crippen molar-refractivity contribution >= 4 is 35.0 Å². The van der Waals surface area contributed by atoms with Crippen molar-refractivity contribution in [2.24, 2.45) is 0 Å². The Morgan fingerprint density at radius 3 is 2.44 bits per heavy atom. The van der Waals surface area contributed by atoms with E-state index in [2.05, 4.69) is 9.72 Å². The number of pyridine rings is 1. The first-order chi connectivity index (χ1) is 12.1. The molecule has 0 spiro atoms. The predicted octanol–water partition coefficient (Wildman–Crippen LogP) is 3.89. The number of esters is 1. The van der Waals surface area contributed by atoms with Crippen molar-refractivity contribution in [3.05, 3.63) is 77.0 Å². The van der Waals surface area contributed by atoms with Gasteiger partial charge in [-0.25, -0.2) is 14.6 Å². The van der Waals surface area contributed by atoms with Crippen LogP contribution in [0.4, 0.5) is 0 Å². The fourth-order valence-corrected chi connectivity index (χ4v) is 2.49. The van der Waals surface area contributed by atoms with Gasteiger partial charge in [0.2, 0.25) is 0 Å². The fourth-order valence-electron chi connectivity index (χ4n) is 2.49. The summed E-state index contributed by atoms with van der Waals surface area (Å²) in [7, 11) is 1.33. The number of methoxy groups -OCH3 is 1. The second kappa shape index (κ2) is 6.97. The Bertz CT molecular complexity index is 975. The smallest absolute Gasteiger partial charge is 0.337 e. The third-order valence-electron chi connectivity index (χ3n) is 3.74. The second-order valence-corrected chi connectivity index (χ2v) is 5.36. The summed E-state index contributed by atoms with van der Waals surface area (Å²) in [5.41, 5.74) is 2.72. The highest BCUT2D eigenvalue weighted by Crippen LogP contribution is 2.20. The number of para-hydroxylation sites is 1. The van der Waals surface area contributed by atoms with Gasteiger partial charge >= 0.3 is 11.9 Å². The minimum atomic E-state index is -0.990. The van der Waals surface area contributed by atoms with Crippen LogP contribution in [0.1, 0.15) is 32.0 Å². The summed E-state index contributed by atoms with van der Waals surface area (Å²) in [6.45, 7) is 0. The lowest BCUT2D eigenvalue weighted by atomic mass is 10.1. The van der Waals surface area contributed by atoms with Crippen molar-refractivity contribution in [3.63, 3.8) is 0 Å². The van der Waals surface area contributed by atoms with Crippen molar-refractivity contribution in [3.8, 4) is 0 Å². The maximum atomic E-state index is 11.5. The van der Waals surface area contributed by atoms with Crippen molar-refractivity contribution in [1.82, 2.24) is 4.98 Å². The number of carbonyl (C=O) groups excluding carboxylic acids is 1. The van der Waals surface area contributed by atoms with Crippen LogP contribution in [0.2, 0.25) is 0 Å². The number of fused-ring (bicyclic) bond motifs is 1. The number of ether oxygens (including phenoxy) is 1. The zero-order valence-corrected chi connectivity index (χ0v) is 13.5. The van der Waals surface area contributed by atoms with Gasteiger partial charge in [-0.2, -0.15) is 0 Å². The Labute approximate surface area is 144 Å². The van der Waals surface area contributed by atoms with Crippen LogP contribution in [0.5, 0.6) is 0 Å². The van der Waals surface area contributed by atoms with E-state index in [0.717, 1.165) is 5.56 Å². The van der Waals surface area contributed by atoms with Crippen molar-refractivity contribution in [1.29, 1.82) is 0 Å². The number of rotatable bonds is 4. The maximum Gasteiger partial charge on any atom is 0.337 e. The van der Waals surface area contributed by atoms with Crippen LogP contribution in [0.15, 0.2) is 54.6 Å². The average molecular weight is 333 g/mol. The van der Waals surface area contributed by atoms with E-state index in [9.17, 15) is 14.7 Å². The number of benzene rings is 2. The van der Waals surface area contributed by atoms with Crippen LogP contribution < -0.4 is 0 Å². The lowest BCUT2D eigenvalue weighted by molar-refractivity contribution is 0.0600. The molecule has 0 aliphatic carbocycles. The number of hydrogen-bond donors (Lipinski definition) is 1. The standard InChI is InChI=1S/C20H15NO4/c1-25-20(24)14-9-6-13(7-10-14)8-11-15-12-17(19(22)23)16-4-2-3-5-18(16)21-15/h2-12H,1H3,(H,22,23)/b11-8-. The van der Waals surface area contributed by atoms with Crippen LogP contribution >= 0.6 is 0 Å². The molecule has 1 aromatic heterocycles. The second-order valence-electron chi connectivity index (χ2n) is 5.36. The van der Waals surface area contributed by atoms with Crippen LogP contribution in [0.25, 0.3) is 23.1 Å². The average Bonchev–Trinajstić information content (AvgIpc) is 2.65. The molecular weight excluding hydrogens is 318 g/mol.